The lowest BCUT2D eigenvalue weighted by Crippen LogP contribution is -2.05. The molecule has 0 amide bonds. The molecule has 112 valence electrons. The summed E-state index contributed by atoms with van der Waals surface area (Å²) in [6.07, 6.45) is 0.187. The van der Waals surface area contributed by atoms with E-state index < -0.39 is 0 Å². The number of hydrogen-bond donors (Lipinski definition) is 0. The first-order valence-electron chi connectivity index (χ1n) is 6.47. The van der Waals surface area contributed by atoms with Gasteiger partial charge in [0.1, 0.15) is 11.5 Å². The predicted molar refractivity (Wildman–Crippen MR) is 77.6 cm³/mol. The van der Waals surface area contributed by atoms with Gasteiger partial charge >= 0.3 is 0 Å². The first-order valence-corrected chi connectivity index (χ1v) is 6.47. The summed E-state index contributed by atoms with van der Waals surface area (Å²) in [4.78, 5) is 12.3. The predicted octanol–water partition coefficient (Wildman–Crippen LogP) is 3.04. The molecular formula is C16H18O5. The Kier molecular flexibility index (Phi) is 4.52. The number of Topliss-reactive ketones (excluding diaryl/α,β-unsaturated/α-hetero) is 1. The van der Waals surface area contributed by atoms with Crippen LogP contribution in [0.1, 0.15) is 21.9 Å². The van der Waals surface area contributed by atoms with Gasteiger partial charge in [-0.25, -0.2) is 0 Å². The largest absolute Gasteiger partial charge is 0.493 e. The highest BCUT2D eigenvalue weighted by Gasteiger charge is 2.18. The third-order valence-corrected chi connectivity index (χ3v) is 3.12. The van der Waals surface area contributed by atoms with Gasteiger partial charge in [0.15, 0.2) is 17.3 Å². The van der Waals surface area contributed by atoms with Gasteiger partial charge in [-0.15, -0.1) is 0 Å². The Morgan fingerprint density at radius 1 is 1.05 bits per heavy atom. The van der Waals surface area contributed by atoms with Gasteiger partial charge in [0.05, 0.1) is 27.8 Å². The second-order valence-electron chi connectivity index (χ2n) is 4.53. The number of methoxy groups -OCH3 is 3. The second-order valence-corrected chi connectivity index (χ2v) is 4.53. The van der Waals surface area contributed by atoms with Crippen molar-refractivity contribution in [3.05, 3.63) is 41.3 Å². The number of furan rings is 1. The van der Waals surface area contributed by atoms with Crippen LogP contribution in [0.5, 0.6) is 17.2 Å². The summed E-state index contributed by atoms with van der Waals surface area (Å²) in [5, 5.41) is 0. The summed E-state index contributed by atoms with van der Waals surface area (Å²) in [7, 11) is 4.55. The van der Waals surface area contributed by atoms with E-state index in [0.717, 1.165) is 5.76 Å². The standard InChI is InChI=1S/C16H18O5/c1-10-5-6-12(21-10)9-13(17)11-7-14(18-2)16(20-4)15(8-11)19-3/h5-8H,9H2,1-4H3. The maximum Gasteiger partial charge on any atom is 0.203 e. The van der Waals surface area contributed by atoms with Crippen LogP contribution in [0.3, 0.4) is 0 Å². The first-order chi connectivity index (χ1) is 10.1. The molecular weight excluding hydrogens is 272 g/mol. The Morgan fingerprint density at radius 2 is 1.67 bits per heavy atom. The molecule has 0 atom stereocenters. The molecule has 0 unspecified atom stereocenters. The van der Waals surface area contributed by atoms with E-state index in [0.29, 0.717) is 28.6 Å². The fourth-order valence-corrected chi connectivity index (χ4v) is 2.08. The van der Waals surface area contributed by atoms with Crippen molar-refractivity contribution in [3.63, 3.8) is 0 Å². The molecule has 1 aromatic heterocycles. The van der Waals surface area contributed by atoms with E-state index in [1.807, 2.05) is 13.0 Å². The lowest BCUT2D eigenvalue weighted by atomic mass is 10.1. The molecule has 0 aliphatic heterocycles. The van der Waals surface area contributed by atoms with Crippen LogP contribution in [0, 0.1) is 6.92 Å². The SMILES string of the molecule is COc1cc(C(=O)Cc2ccc(C)o2)cc(OC)c1OC. The van der Waals surface area contributed by atoms with Crippen molar-refractivity contribution in [1.82, 2.24) is 0 Å². The fourth-order valence-electron chi connectivity index (χ4n) is 2.08. The Hall–Kier alpha value is -2.43. The van der Waals surface area contributed by atoms with Gasteiger partial charge in [0, 0.05) is 5.56 Å². The number of benzene rings is 1. The van der Waals surface area contributed by atoms with Crippen LogP contribution in [0.2, 0.25) is 0 Å². The number of aryl methyl sites for hydroxylation is 1. The minimum atomic E-state index is -0.0800. The molecule has 0 saturated carbocycles. The van der Waals surface area contributed by atoms with Crippen LogP contribution in [-0.4, -0.2) is 27.1 Å². The van der Waals surface area contributed by atoms with Crippen molar-refractivity contribution < 1.29 is 23.4 Å². The molecule has 0 aliphatic rings. The summed E-state index contributed by atoms with van der Waals surface area (Å²) in [5.74, 6) is 2.70. The van der Waals surface area contributed by atoms with Crippen molar-refractivity contribution in [1.29, 1.82) is 0 Å². The van der Waals surface area contributed by atoms with E-state index in [1.54, 1.807) is 18.2 Å². The average Bonchev–Trinajstić information content (AvgIpc) is 2.90. The van der Waals surface area contributed by atoms with Crippen LogP contribution in [0.4, 0.5) is 0 Å². The fraction of sp³-hybridized carbons (Fsp3) is 0.312. The molecule has 5 nitrogen and oxygen atoms in total. The highest BCUT2D eigenvalue weighted by atomic mass is 16.5. The highest BCUT2D eigenvalue weighted by Crippen LogP contribution is 2.38. The normalized spacial score (nSPS) is 10.3. The van der Waals surface area contributed by atoms with E-state index in [9.17, 15) is 4.79 Å². The number of carbonyl (C=O) groups is 1. The monoisotopic (exact) mass is 290 g/mol. The molecule has 2 aromatic rings. The molecule has 0 spiro atoms. The molecule has 0 saturated heterocycles. The zero-order valence-electron chi connectivity index (χ0n) is 12.6. The quantitative estimate of drug-likeness (QED) is 0.765. The van der Waals surface area contributed by atoms with Gasteiger partial charge in [0.25, 0.3) is 0 Å². The number of rotatable bonds is 6. The Balaban J connectivity index is 2.32. The molecule has 21 heavy (non-hydrogen) atoms. The maximum absolute atomic E-state index is 12.3. The van der Waals surface area contributed by atoms with Gasteiger partial charge in [0.2, 0.25) is 5.75 Å². The summed E-state index contributed by atoms with van der Waals surface area (Å²) in [6.45, 7) is 1.84. The van der Waals surface area contributed by atoms with Crippen LogP contribution in [0.15, 0.2) is 28.7 Å². The number of ether oxygens (including phenoxy) is 3. The van der Waals surface area contributed by atoms with E-state index >= 15 is 0 Å². The Labute approximate surface area is 123 Å². The molecule has 0 fully saturated rings. The molecule has 1 heterocycles. The summed E-state index contributed by atoms with van der Waals surface area (Å²) in [6, 6.07) is 6.90. The lowest BCUT2D eigenvalue weighted by Gasteiger charge is -2.13. The molecule has 0 N–H and O–H groups in total. The average molecular weight is 290 g/mol. The number of carbonyl (C=O) groups excluding carboxylic acids is 1. The number of hydrogen-bond acceptors (Lipinski definition) is 5. The van der Waals surface area contributed by atoms with Crippen molar-refractivity contribution >= 4 is 5.78 Å². The molecule has 0 aliphatic carbocycles. The van der Waals surface area contributed by atoms with Crippen molar-refractivity contribution in [3.8, 4) is 17.2 Å². The van der Waals surface area contributed by atoms with Crippen LogP contribution in [0.25, 0.3) is 0 Å². The van der Waals surface area contributed by atoms with Crippen LogP contribution in [-0.2, 0) is 6.42 Å². The molecule has 1 aromatic carbocycles. The highest BCUT2D eigenvalue weighted by molar-refractivity contribution is 5.98. The smallest absolute Gasteiger partial charge is 0.203 e. The van der Waals surface area contributed by atoms with E-state index in [4.69, 9.17) is 18.6 Å². The maximum atomic E-state index is 12.3. The van der Waals surface area contributed by atoms with Crippen LogP contribution < -0.4 is 14.2 Å². The molecule has 0 bridgehead atoms. The third-order valence-electron chi connectivity index (χ3n) is 3.12. The zero-order valence-corrected chi connectivity index (χ0v) is 12.6. The first kappa shape index (κ1) is 15.0. The third kappa shape index (κ3) is 3.18. The van der Waals surface area contributed by atoms with Gasteiger partial charge in [-0.1, -0.05) is 0 Å². The number of ketones is 1. The van der Waals surface area contributed by atoms with Crippen LogP contribution >= 0.6 is 0 Å². The van der Waals surface area contributed by atoms with E-state index in [-0.39, 0.29) is 12.2 Å². The minimum Gasteiger partial charge on any atom is -0.493 e. The summed E-state index contributed by atoms with van der Waals surface area (Å²) < 4.78 is 21.1. The van der Waals surface area contributed by atoms with Gasteiger partial charge in [-0.2, -0.15) is 0 Å². The Morgan fingerprint density at radius 3 is 2.10 bits per heavy atom. The van der Waals surface area contributed by atoms with E-state index in [1.165, 1.54) is 21.3 Å². The van der Waals surface area contributed by atoms with Gasteiger partial charge in [-0.05, 0) is 31.2 Å². The lowest BCUT2D eigenvalue weighted by molar-refractivity contribution is 0.0986. The molecule has 5 heteroatoms. The minimum absolute atomic E-state index is 0.0800. The van der Waals surface area contributed by atoms with Crippen molar-refractivity contribution in [2.24, 2.45) is 0 Å². The van der Waals surface area contributed by atoms with Crippen molar-refractivity contribution in [2.45, 2.75) is 13.3 Å². The topological polar surface area (TPSA) is 57.9 Å². The van der Waals surface area contributed by atoms with Gasteiger partial charge < -0.3 is 18.6 Å². The second kappa shape index (κ2) is 6.35. The van der Waals surface area contributed by atoms with E-state index in [2.05, 4.69) is 0 Å². The molecule has 0 radical (unpaired) electrons. The summed E-state index contributed by atoms with van der Waals surface area (Å²) >= 11 is 0. The summed E-state index contributed by atoms with van der Waals surface area (Å²) in [5.41, 5.74) is 0.485. The van der Waals surface area contributed by atoms with Crippen molar-refractivity contribution in [2.75, 3.05) is 21.3 Å². The Bertz CT molecular complexity index is 617. The van der Waals surface area contributed by atoms with Gasteiger partial charge in [-0.3, -0.25) is 4.79 Å². The molecule has 2 rings (SSSR count). The zero-order chi connectivity index (χ0) is 15.4.